The molecule has 0 fully saturated rings. The number of hydrogen-bond donors (Lipinski definition) is 0. The molecule has 0 aliphatic rings. The number of carbonyl (C=O) groups excluding carboxylic acids is 1. The van der Waals surface area contributed by atoms with Gasteiger partial charge in [-0.25, -0.2) is 0 Å². The number of carbonyl (C=O) groups is 1. The van der Waals surface area contributed by atoms with E-state index in [0.717, 1.165) is 5.56 Å². The molecule has 0 amide bonds. The molecule has 0 N–H and O–H groups in total. The third-order valence-electron chi connectivity index (χ3n) is 3.02. The van der Waals surface area contributed by atoms with Gasteiger partial charge in [0.25, 0.3) is 0 Å². The average Bonchev–Trinajstić information content (AvgIpc) is 2.86. The maximum Gasteiger partial charge on any atom is 0.204 e. The summed E-state index contributed by atoms with van der Waals surface area (Å²) in [5.74, 6) is 1.01. The van der Waals surface area contributed by atoms with E-state index < -0.39 is 0 Å². The van der Waals surface area contributed by atoms with Gasteiger partial charge >= 0.3 is 0 Å². The van der Waals surface area contributed by atoms with Gasteiger partial charge in [-0.15, -0.1) is 10.2 Å². The van der Waals surface area contributed by atoms with Crippen LogP contribution >= 0.6 is 0 Å². The minimum Gasteiger partial charge on any atom is -0.300 e. The molecule has 0 saturated heterocycles. The van der Waals surface area contributed by atoms with E-state index in [1.165, 1.54) is 0 Å². The van der Waals surface area contributed by atoms with Gasteiger partial charge in [0, 0.05) is 12.0 Å². The third-order valence-corrected chi connectivity index (χ3v) is 3.02. The van der Waals surface area contributed by atoms with Crippen molar-refractivity contribution in [2.45, 2.75) is 33.2 Å². The van der Waals surface area contributed by atoms with Gasteiger partial charge in [0.15, 0.2) is 0 Å². The van der Waals surface area contributed by atoms with Crippen LogP contribution in [-0.2, 0) is 4.79 Å². The SMILES string of the molecule is CC(=O)C[C@H](C(C)C)n1nnc(-c2ccccc2)n1. The second-order valence-corrected chi connectivity index (χ2v) is 5.02. The van der Waals surface area contributed by atoms with Crippen LogP contribution in [0.4, 0.5) is 0 Å². The quantitative estimate of drug-likeness (QED) is 0.826. The van der Waals surface area contributed by atoms with E-state index in [-0.39, 0.29) is 17.7 Å². The first-order chi connectivity index (χ1) is 9.08. The van der Waals surface area contributed by atoms with Gasteiger partial charge in [-0.2, -0.15) is 4.80 Å². The van der Waals surface area contributed by atoms with E-state index in [0.29, 0.717) is 12.2 Å². The summed E-state index contributed by atoms with van der Waals surface area (Å²) in [5, 5.41) is 12.6. The molecular weight excluding hydrogens is 240 g/mol. The monoisotopic (exact) mass is 258 g/mol. The Bertz CT molecular complexity index is 548. The average molecular weight is 258 g/mol. The third kappa shape index (κ3) is 3.24. The van der Waals surface area contributed by atoms with Crippen molar-refractivity contribution >= 4 is 5.78 Å². The molecule has 0 spiro atoms. The lowest BCUT2D eigenvalue weighted by atomic mass is 10.00. The molecule has 1 heterocycles. The van der Waals surface area contributed by atoms with Gasteiger partial charge in [-0.05, 0) is 18.1 Å². The van der Waals surface area contributed by atoms with Crippen molar-refractivity contribution in [3.63, 3.8) is 0 Å². The predicted molar refractivity (Wildman–Crippen MR) is 72.4 cm³/mol. The summed E-state index contributed by atoms with van der Waals surface area (Å²) in [5.41, 5.74) is 0.930. The van der Waals surface area contributed by atoms with E-state index in [1.807, 2.05) is 30.3 Å². The number of ketones is 1. The Hall–Kier alpha value is -2.04. The Morgan fingerprint density at radius 1 is 1.26 bits per heavy atom. The number of Topliss-reactive ketones (excluding diaryl/α,β-unsaturated/α-hetero) is 1. The maximum atomic E-state index is 11.3. The highest BCUT2D eigenvalue weighted by Gasteiger charge is 2.20. The van der Waals surface area contributed by atoms with Crippen LogP contribution in [0.25, 0.3) is 11.4 Å². The Morgan fingerprint density at radius 2 is 1.95 bits per heavy atom. The molecule has 2 aromatic rings. The summed E-state index contributed by atoms with van der Waals surface area (Å²) in [6, 6.07) is 9.66. The molecule has 5 heteroatoms. The van der Waals surface area contributed by atoms with Gasteiger partial charge < -0.3 is 0 Å². The molecule has 19 heavy (non-hydrogen) atoms. The van der Waals surface area contributed by atoms with Crippen molar-refractivity contribution in [2.24, 2.45) is 5.92 Å². The van der Waals surface area contributed by atoms with Crippen LogP contribution in [0.15, 0.2) is 30.3 Å². The van der Waals surface area contributed by atoms with E-state index in [4.69, 9.17) is 0 Å². The van der Waals surface area contributed by atoms with E-state index in [2.05, 4.69) is 29.3 Å². The summed E-state index contributed by atoms with van der Waals surface area (Å²) < 4.78 is 0. The lowest BCUT2D eigenvalue weighted by Gasteiger charge is -2.17. The van der Waals surface area contributed by atoms with Crippen molar-refractivity contribution in [1.82, 2.24) is 20.2 Å². The molecule has 5 nitrogen and oxygen atoms in total. The van der Waals surface area contributed by atoms with Crippen LogP contribution in [0.5, 0.6) is 0 Å². The van der Waals surface area contributed by atoms with Crippen LogP contribution in [0, 0.1) is 5.92 Å². The van der Waals surface area contributed by atoms with E-state index >= 15 is 0 Å². The number of tetrazole rings is 1. The van der Waals surface area contributed by atoms with Gasteiger partial charge in [-0.3, -0.25) is 4.79 Å². The van der Waals surface area contributed by atoms with Crippen molar-refractivity contribution in [3.05, 3.63) is 30.3 Å². The van der Waals surface area contributed by atoms with Crippen LogP contribution in [0.2, 0.25) is 0 Å². The normalized spacial score (nSPS) is 12.6. The molecule has 1 atom stereocenters. The zero-order valence-corrected chi connectivity index (χ0v) is 11.4. The lowest BCUT2D eigenvalue weighted by molar-refractivity contribution is -0.118. The molecule has 2 rings (SSSR count). The fourth-order valence-electron chi connectivity index (χ4n) is 1.95. The van der Waals surface area contributed by atoms with Crippen LogP contribution in [0.1, 0.15) is 33.2 Å². The molecule has 0 bridgehead atoms. The van der Waals surface area contributed by atoms with Gasteiger partial charge in [0.2, 0.25) is 5.82 Å². The van der Waals surface area contributed by atoms with Crippen molar-refractivity contribution in [1.29, 1.82) is 0 Å². The lowest BCUT2D eigenvalue weighted by Crippen LogP contribution is -2.20. The topological polar surface area (TPSA) is 60.7 Å². The molecule has 1 aromatic heterocycles. The van der Waals surface area contributed by atoms with E-state index in [1.54, 1.807) is 11.7 Å². The standard InChI is InChI=1S/C14H18N4O/c1-10(2)13(9-11(3)19)18-16-14(15-17-18)12-7-5-4-6-8-12/h4-8,10,13H,9H2,1-3H3/t13-/m1/s1. The molecule has 0 saturated carbocycles. The summed E-state index contributed by atoms with van der Waals surface area (Å²) in [4.78, 5) is 12.9. The number of aromatic nitrogens is 4. The summed E-state index contributed by atoms with van der Waals surface area (Å²) in [6.07, 6.45) is 0.433. The van der Waals surface area contributed by atoms with Gasteiger partial charge in [0.05, 0.1) is 6.04 Å². The van der Waals surface area contributed by atoms with Crippen LogP contribution < -0.4 is 0 Å². The molecule has 100 valence electrons. The molecule has 0 aliphatic carbocycles. The van der Waals surface area contributed by atoms with Crippen molar-refractivity contribution in [3.8, 4) is 11.4 Å². The molecule has 0 aliphatic heterocycles. The molecule has 1 aromatic carbocycles. The number of rotatable bonds is 5. The highest BCUT2D eigenvalue weighted by molar-refractivity contribution is 5.75. The first kappa shape index (κ1) is 13.4. The second kappa shape index (κ2) is 5.73. The molecular formula is C14H18N4O. The zero-order valence-electron chi connectivity index (χ0n) is 11.4. The fourth-order valence-corrected chi connectivity index (χ4v) is 1.95. The van der Waals surface area contributed by atoms with Gasteiger partial charge in [-0.1, -0.05) is 44.2 Å². The number of benzene rings is 1. The Morgan fingerprint density at radius 3 is 2.53 bits per heavy atom. The number of hydrogen-bond acceptors (Lipinski definition) is 4. The summed E-state index contributed by atoms with van der Waals surface area (Å²) >= 11 is 0. The zero-order chi connectivity index (χ0) is 13.8. The highest BCUT2D eigenvalue weighted by Crippen LogP contribution is 2.21. The maximum absolute atomic E-state index is 11.3. The predicted octanol–water partition coefficient (Wildman–Crippen LogP) is 2.52. The second-order valence-electron chi connectivity index (χ2n) is 5.02. The first-order valence-electron chi connectivity index (χ1n) is 6.42. The highest BCUT2D eigenvalue weighted by atomic mass is 16.1. The Balaban J connectivity index is 2.26. The Labute approximate surface area is 112 Å². The van der Waals surface area contributed by atoms with Crippen molar-refractivity contribution in [2.75, 3.05) is 0 Å². The van der Waals surface area contributed by atoms with Crippen LogP contribution in [-0.4, -0.2) is 26.0 Å². The first-order valence-corrected chi connectivity index (χ1v) is 6.42. The fraction of sp³-hybridized carbons (Fsp3) is 0.429. The van der Waals surface area contributed by atoms with Crippen LogP contribution in [0.3, 0.4) is 0 Å². The molecule has 0 unspecified atom stereocenters. The number of nitrogens with zero attached hydrogens (tertiary/aromatic N) is 4. The van der Waals surface area contributed by atoms with E-state index in [9.17, 15) is 4.79 Å². The molecule has 0 radical (unpaired) electrons. The minimum absolute atomic E-state index is 0.0394. The van der Waals surface area contributed by atoms with Crippen molar-refractivity contribution < 1.29 is 4.79 Å². The summed E-state index contributed by atoms with van der Waals surface area (Å²) in [7, 11) is 0. The largest absolute Gasteiger partial charge is 0.300 e. The smallest absolute Gasteiger partial charge is 0.204 e. The minimum atomic E-state index is -0.0394. The van der Waals surface area contributed by atoms with Gasteiger partial charge in [0.1, 0.15) is 5.78 Å². The summed E-state index contributed by atoms with van der Waals surface area (Å²) in [6.45, 7) is 5.70. The Kier molecular flexibility index (Phi) is 4.04.